The van der Waals surface area contributed by atoms with Gasteiger partial charge in [-0.05, 0) is 44.4 Å². The molecule has 1 N–H and O–H groups in total. The zero-order chi connectivity index (χ0) is 18.7. The van der Waals surface area contributed by atoms with Gasteiger partial charge in [-0.25, -0.2) is 31.9 Å². The first-order chi connectivity index (χ1) is 12.3. The van der Waals surface area contributed by atoms with Gasteiger partial charge >= 0.3 is 0 Å². The normalized spacial score (nSPS) is 15.3. The van der Waals surface area contributed by atoms with Crippen molar-refractivity contribution in [3.05, 3.63) is 47.3 Å². The fourth-order valence-corrected chi connectivity index (χ4v) is 3.92. The van der Waals surface area contributed by atoms with Crippen LogP contribution in [0.3, 0.4) is 0 Å². The zero-order valence-corrected chi connectivity index (χ0v) is 15.2. The standard InChI is InChI=1S/C17H20F2N4O2S/c1-12-7-15(22-17(21-12)23-5-3-2-4-6-23)11-20-26(24,25)16-9-13(18)8-14(19)10-16/h7-10,20H,2-6,11H2,1H3. The van der Waals surface area contributed by atoms with Crippen molar-refractivity contribution >= 4 is 16.0 Å². The Bertz CT molecular complexity index is 879. The van der Waals surface area contributed by atoms with E-state index in [1.165, 1.54) is 6.42 Å². The van der Waals surface area contributed by atoms with E-state index in [4.69, 9.17) is 0 Å². The number of benzene rings is 1. The van der Waals surface area contributed by atoms with Gasteiger partial charge in [0.1, 0.15) is 11.6 Å². The van der Waals surface area contributed by atoms with Gasteiger partial charge < -0.3 is 4.90 Å². The van der Waals surface area contributed by atoms with Crippen molar-refractivity contribution in [1.29, 1.82) is 0 Å². The molecule has 1 aliphatic heterocycles. The molecule has 0 unspecified atom stereocenters. The van der Waals surface area contributed by atoms with Gasteiger partial charge in [-0.1, -0.05) is 0 Å². The maximum atomic E-state index is 13.3. The molecular formula is C17H20F2N4O2S. The molecule has 1 aromatic carbocycles. The first kappa shape index (κ1) is 18.7. The van der Waals surface area contributed by atoms with Gasteiger partial charge in [-0.15, -0.1) is 0 Å². The van der Waals surface area contributed by atoms with E-state index in [0.29, 0.717) is 17.7 Å². The second-order valence-electron chi connectivity index (χ2n) is 6.28. The summed E-state index contributed by atoms with van der Waals surface area (Å²) in [4.78, 5) is 10.5. The highest BCUT2D eigenvalue weighted by Crippen LogP contribution is 2.18. The lowest BCUT2D eigenvalue weighted by Gasteiger charge is -2.27. The van der Waals surface area contributed by atoms with Crippen molar-refractivity contribution in [3.8, 4) is 0 Å². The van der Waals surface area contributed by atoms with E-state index in [0.717, 1.165) is 43.8 Å². The van der Waals surface area contributed by atoms with Crippen LogP contribution in [0.5, 0.6) is 0 Å². The molecule has 0 aliphatic carbocycles. The number of aromatic nitrogens is 2. The minimum Gasteiger partial charge on any atom is -0.341 e. The van der Waals surface area contributed by atoms with Gasteiger partial charge in [0.25, 0.3) is 0 Å². The largest absolute Gasteiger partial charge is 0.341 e. The Hall–Kier alpha value is -2.13. The molecule has 9 heteroatoms. The number of nitrogens with one attached hydrogen (secondary N) is 1. The summed E-state index contributed by atoms with van der Waals surface area (Å²) in [6.45, 7) is 3.47. The number of anilines is 1. The molecule has 1 aromatic heterocycles. The number of piperidine rings is 1. The molecule has 0 radical (unpaired) electrons. The summed E-state index contributed by atoms with van der Waals surface area (Å²) >= 11 is 0. The third-order valence-corrected chi connectivity index (χ3v) is 5.50. The summed E-state index contributed by atoms with van der Waals surface area (Å²) in [5.41, 5.74) is 1.23. The molecule has 0 atom stereocenters. The Labute approximate surface area is 151 Å². The van der Waals surface area contributed by atoms with Gasteiger partial charge in [0.05, 0.1) is 17.1 Å². The van der Waals surface area contributed by atoms with Gasteiger partial charge in [-0.3, -0.25) is 0 Å². The zero-order valence-electron chi connectivity index (χ0n) is 14.4. The third-order valence-electron chi connectivity index (χ3n) is 4.12. The van der Waals surface area contributed by atoms with Crippen molar-refractivity contribution < 1.29 is 17.2 Å². The number of aryl methyl sites for hydroxylation is 1. The fraction of sp³-hybridized carbons (Fsp3) is 0.412. The summed E-state index contributed by atoms with van der Waals surface area (Å²) in [5, 5.41) is 0. The first-order valence-corrected chi connectivity index (χ1v) is 9.87. The van der Waals surface area contributed by atoms with E-state index in [2.05, 4.69) is 19.6 Å². The van der Waals surface area contributed by atoms with E-state index in [9.17, 15) is 17.2 Å². The number of hydrogen-bond acceptors (Lipinski definition) is 5. The lowest BCUT2D eigenvalue weighted by Crippen LogP contribution is -2.32. The average molecular weight is 382 g/mol. The highest BCUT2D eigenvalue weighted by atomic mass is 32.2. The molecule has 2 heterocycles. The Morgan fingerprint density at radius 2 is 1.69 bits per heavy atom. The average Bonchev–Trinajstić information content (AvgIpc) is 2.60. The van der Waals surface area contributed by atoms with E-state index in [1.54, 1.807) is 6.07 Å². The topological polar surface area (TPSA) is 75.2 Å². The SMILES string of the molecule is Cc1cc(CNS(=O)(=O)c2cc(F)cc(F)c2)nc(N2CCCCC2)n1. The number of sulfonamides is 1. The van der Waals surface area contributed by atoms with Crippen LogP contribution < -0.4 is 9.62 Å². The molecule has 3 rings (SSSR count). The monoisotopic (exact) mass is 382 g/mol. The Morgan fingerprint density at radius 3 is 2.35 bits per heavy atom. The summed E-state index contributed by atoms with van der Waals surface area (Å²) in [6, 6.07) is 3.85. The molecule has 2 aromatic rings. The lowest BCUT2D eigenvalue weighted by molar-refractivity contribution is 0.559. The Morgan fingerprint density at radius 1 is 1.04 bits per heavy atom. The van der Waals surface area contributed by atoms with E-state index < -0.39 is 26.6 Å². The smallest absolute Gasteiger partial charge is 0.241 e. The second kappa shape index (κ2) is 7.63. The number of rotatable bonds is 5. The number of hydrogen-bond donors (Lipinski definition) is 1. The van der Waals surface area contributed by atoms with E-state index >= 15 is 0 Å². The maximum Gasteiger partial charge on any atom is 0.241 e. The summed E-state index contributed by atoms with van der Waals surface area (Å²) in [6.07, 6.45) is 3.33. The van der Waals surface area contributed by atoms with Crippen LogP contribution in [-0.2, 0) is 16.6 Å². The highest BCUT2D eigenvalue weighted by molar-refractivity contribution is 7.89. The number of nitrogens with zero attached hydrogens (tertiary/aromatic N) is 3. The predicted molar refractivity (Wildman–Crippen MR) is 93.2 cm³/mol. The molecule has 0 spiro atoms. The van der Waals surface area contributed by atoms with Crippen molar-refractivity contribution in [2.24, 2.45) is 0 Å². The first-order valence-electron chi connectivity index (χ1n) is 8.39. The molecule has 1 fully saturated rings. The molecular weight excluding hydrogens is 362 g/mol. The molecule has 0 bridgehead atoms. The van der Waals surface area contributed by atoms with Crippen molar-refractivity contribution in [1.82, 2.24) is 14.7 Å². The predicted octanol–water partition coefficient (Wildman–Crippen LogP) is 2.53. The molecule has 1 aliphatic rings. The summed E-state index contributed by atoms with van der Waals surface area (Å²) in [5.74, 6) is -1.32. The molecule has 0 amide bonds. The molecule has 140 valence electrons. The lowest BCUT2D eigenvalue weighted by atomic mass is 10.1. The summed E-state index contributed by atoms with van der Waals surface area (Å²) < 4.78 is 53.4. The van der Waals surface area contributed by atoms with Crippen LogP contribution in [0.4, 0.5) is 14.7 Å². The molecule has 26 heavy (non-hydrogen) atoms. The van der Waals surface area contributed by atoms with Gasteiger partial charge in [0.15, 0.2) is 0 Å². The Balaban J connectivity index is 1.77. The van der Waals surface area contributed by atoms with Crippen molar-refractivity contribution in [2.45, 2.75) is 37.6 Å². The van der Waals surface area contributed by atoms with Crippen LogP contribution in [0, 0.1) is 18.6 Å². The minimum absolute atomic E-state index is 0.0926. The molecule has 1 saturated heterocycles. The van der Waals surface area contributed by atoms with Crippen LogP contribution in [0.15, 0.2) is 29.2 Å². The highest BCUT2D eigenvalue weighted by Gasteiger charge is 2.18. The van der Waals surface area contributed by atoms with E-state index in [1.807, 2.05) is 6.92 Å². The third kappa shape index (κ3) is 4.53. The van der Waals surface area contributed by atoms with Crippen LogP contribution in [0.1, 0.15) is 30.7 Å². The number of halogens is 2. The molecule has 6 nitrogen and oxygen atoms in total. The van der Waals surface area contributed by atoms with Gasteiger partial charge in [0, 0.05) is 24.8 Å². The van der Waals surface area contributed by atoms with Gasteiger partial charge in [0.2, 0.25) is 16.0 Å². The van der Waals surface area contributed by atoms with Crippen LogP contribution >= 0.6 is 0 Å². The maximum absolute atomic E-state index is 13.3. The van der Waals surface area contributed by atoms with Crippen LogP contribution in [0.25, 0.3) is 0 Å². The van der Waals surface area contributed by atoms with Crippen LogP contribution in [-0.4, -0.2) is 31.5 Å². The fourth-order valence-electron chi connectivity index (χ4n) is 2.88. The van der Waals surface area contributed by atoms with E-state index in [-0.39, 0.29) is 6.54 Å². The quantitative estimate of drug-likeness (QED) is 0.860. The minimum atomic E-state index is -4.06. The van der Waals surface area contributed by atoms with Gasteiger partial charge in [-0.2, -0.15) is 0 Å². The summed E-state index contributed by atoms with van der Waals surface area (Å²) in [7, 11) is -4.06. The second-order valence-corrected chi connectivity index (χ2v) is 8.05. The van der Waals surface area contributed by atoms with Crippen molar-refractivity contribution in [3.63, 3.8) is 0 Å². The molecule has 0 saturated carbocycles. The Kier molecular flexibility index (Phi) is 5.47. The van der Waals surface area contributed by atoms with Crippen LogP contribution in [0.2, 0.25) is 0 Å². The van der Waals surface area contributed by atoms with Crippen molar-refractivity contribution in [2.75, 3.05) is 18.0 Å².